The molecule has 0 aliphatic heterocycles. The molecule has 0 N–H and O–H groups in total. The minimum absolute atomic E-state index is 0.776. The molecule has 0 radical (unpaired) electrons. The number of hydrogen-bond donors (Lipinski definition) is 0. The predicted octanol–water partition coefficient (Wildman–Crippen LogP) is 5.31. The molecule has 2 aliphatic rings. The molecule has 0 atom stereocenters. The number of hydrogen-bond acceptors (Lipinski definition) is 0. The van der Waals surface area contributed by atoms with Crippen LogP contribution in [0.1, 0.15) is 50.2 Å². The summed E-state index contributed by atoms with van der Waals surface area (Å²) in [5.74, 6) is 0.776. The molecule has 2 aromatic rings. The van der Waals surface area contributed by atoms with Crippen molar-refractivity contribution in [1.29, 1.82) is 0 Å². The second kappa shape index (κ2) is 7.04. The molecule has 0 saturated heterocycles. The van der Waals surface area contributed by atoms with E-state index in [0.717, 1.165) is 12.3 Å². The van der Waals surface area contributed by atoms with Gasteiger partial charge in [0.1, 0.15) is 0 Å². The highest BCUT2D eigenvalue weighted by atomic mass is 14.2. The average Bonchev–Trinajstić information content (AvgIpc) is 3.07. The normalized spacial score (nSPS) is 18.7. The second-order valence-corrected chi connectivity index (χ2v) is 7.66. The van der Waals surface area contributed by atoms with Crippen molar-refractivity contribution in [3.8, 4) is 11.1 Å². The molecule has 25 heavy (non-hydrogen) atoms. The Kier molecular flexibility index (Phi) is 4.61. The Bertz CT molecular complexity index is 904. The van der Waals surface area contributed by atoms with Crippen LogP contribution in [-0.4, -0.2) is 0 Å². The third-order valence-electron chi connectivity index (χ3n) is 5.88. The number of allylic oxidation sites excluding steroid dienone is 2. The number of benzene rings is 2. The summed E-state index contributed by atoms with van der Waals surface area (Å²) >= 11 is 0. The first-order chi connectivity index (χ1) is 12.2. The highest BCUT2D eigenvalue weighted by Gasteiger charge is 2.13. The third-order valence-corrected chi connectivity index (χ3v) is 5.88. The molecule has 0 heteroatoms. The molecule has 0 unspecified atom stereocenters. The van der Waals surface area contributed by atoms with Gasteiger partial charge in [-0.25, -0.2) is 0 Å². The molecule has 128 valence electrons. The maximum absolute atomic E-state index is 2.53. The fraction of sp³-hybridized carbons (Fsp3) is 0.360. The van der Waals surface area contributed by atoms with Crippen molar-refractivity contribution in [3.05, 3.63) is 69.6 Å². The van der Waals surface area contributed by atoms with E-state index in [4.69, 9.17) is 0 Å². The van der Waals surface area contributed by atoms with Gasteiger partial charge in [0.15, 0.2) is 0 Å². The van der Waals surface area contributed by atoms with Crippen molar-refractivity contribution in [2.45, 2.75) is 52.4 Å². The molecule has 0 bridgehead atoms. The quantitative estimate of drug-likeness (QED) is 0.716. The van der Waals surface area contributed by atoms with Gasteiger partial charge in [-0.05, 0) is 82.5 Å². The van der Waals surface area contributed by atoms with Gasteiger partial charge in [0.25, 0.3) is 0 Å². The molecule has 0 spiro atoms. The molecule has 0 aromatic heterocycles. The first-order valence-electron chi connectivity index (χ1n) is 9.89. The van der Waals surface area contributed by atoms with Crippen molar-refractivity contribution in [3.63, 3.8) is 0 Å². The van der Waals surface area contributed by atoms with E-state index in [9.17, 15) is 0 Å². The molecule has 0 nitrogen and oxygen atoms in total. The number of rotatable bonds is 3. The van der Waals surface area contributed by atoms with Gasteiger partial charge < -0.3 is 0 Å². The zero-order chi connectivity index (χ0) is 17.2. The van der Waals surface area contributed by atoms with Gasteiger partial charge >= 0.3 is 0 Å². The molecule has 2 aliphatic carbocycles. The molecule has 4 rings (SSSR count). The fourth-order valence-corrected chi connectivity index (χ4v) is 4.31. The first-order valence-corrected chi connectivity index (χ1v) is 9.89. The van der Waals surface area contributed by atoms with Crippen LogP contribution in [0.15, 0.2) is 48.0 Å². The monoisotopic (exact) mass is 328 g/mol. The molecule has 1 saturated carbocycles. The third kappa shape index (κ3) is 3.35. The Morgan fingerprint density at radius 3 is 2.32 bits per heavy atom. The topological polar surface area (TPSA) is 0 Å². The number of aryl methyl sites for hydroxylation is 2. The number of fused-ring (bicyclic) bond motifs is 1. The minimum Gasteiger partial charge on any atom is -0.0741 e. The summed E-state index contributed by atoms with van der Waals surface area (Å²) in [6.45, 7) is 4.44. The molecule has 2 aromatic carbocycles. The summed E-state index contributed by atoms with van der Waals surface area (Å²) in [6.07, 6.45) is 15.4. The van der Waals surface area contributed by atoms with E-state index < -0.39 is 0 Å². The van der Waals surface area contributed by atoms with Crippen LogP contribution < -0.4 is 10.4 Å². The Morgan fingerprint density at radius 1 is 0.880 bits per heavy atom. The zero-order valence-corrected chi connectivity index (χ0v) is 15.5. The second-order valence-electron chi connectivity index (χ2n) is 7.66. The smallest absolute Gasteiger partial charge is 0.00967 e. The lowest BCUT2D eigenvalue weighted by Crippen LogP contribution is -2.26. The van der Waals surface area contributed by atoms with Gasteiger partial charge in [-0.15, -0.1) is 0 Å². The summed E-state index contributed by atoms with van der Waals surface area (Å²) in [4.78, 5) is 0. The van der Waals surface area contributed by atoms with Crippen molar-refractivity contribution >= 4 is 12.2 Å². The van der Waals surface area contributed by atoms with Gasteiger partial charge in [0, 0.05) is 0 Å². The molecule has 1 fully saturated rings. The largest absolute Gasteiger partial charge is 0.0741 e. The lowest BCUT2D eigenvalue weighted by molar-refractivity contribution is 0.419. The van der Waals surface area contributed by atoms with E-state index in [0.29, 0.717) is 0 Å². The summed E-state index contributed by atoms with van der Waals surface area (Å²) in [5.41, 5.74) is 6.90. The molecule has 0 heterocycles. The van der Waals surface area contributed by atoms with Gasteiger partial charge in [0.05, 0.1) is 0 Å². The maximum atomic E-state index is 2.53. The average molecular weight is 328 g/mol. The highest BCUT2D eigenvalue weighted by Crippen LogP contribution is 2.27. The van der Waals surface area contributed by atoms with E-state index in [-0.39, 0.29) is 0 Å². The zero-order valence-electron chi connectivity index (χ0n) is 15.5. The van der Waals surface area contributed by atoms with Gasteiger partial charge in [-0.2, -0.15) is 0 Å². The summed E-state index contributed by atoms with van der Waals surface area (Å²) < 4.78 is 0. The Hall–Kier alpha value is -2.08. The Labute approximate surface area is 151 Å². The Balaban J connectivity index is 1.76. The molecule has 0 amide bonds. The van der Waals surface area contributed by atoms with Crippen LogP contribution in [0.3, 0.4) is 0 Å². The van der Waals surface area contributed by atoms with Crippen LogP contribution in [0.2, 0.25) is 0 Å². The summed E-state index contributed by atoms with van der Waals surface area (Å²) in [5, 5.41) is 2.82. The highest BCUT2D eigenvalue weighted by molar-refractivity contribution is 5.78. The minimum atomic E-state index is 0.776. The van der Waals surface area contributed by atoms with E-state index in [1.54, 1.807) is 0 Å². The first kappa shape index (κ1) is 16.4. The lowest BCUT2D eigenvalue weighted by Gasteiger charge is -2.18. The van der Waals surface area contributed by atoms with Crippen molar-refractivity contribution in [2.75, 3.05) is 0 Å². The van der Waals surface area contributed by atoms with Crippen molar-refractivity contribution in [1.82, 2.24) is 0 Å². The van der Waals surface area contributed by atoms with Crippen LogP contribution in [-0.2, 0) is 6.42 Å². The van der Waals surface area contributed by atoms with Crippen molar-refractivity contribution in [2.24, 2.45) is 5.92 Å². The van der Waals surface area contributed by atoms with Crippen molar-refractivity contribution < 1.29 is 0 Å². The van der Waals surface area contributed by atoms with E-state index in [1.807, 2.05) is 0 Å². The molecular weight excluding hydrogens is 300 g/mol. The Morgan fingerprint density at radius 2 is 1.60 bits per heavy atom. The molecular formula is C25H28. The van der Waals surface area contributed by atoms with Gasteiger partial charge in [0.2, 0.25) is 0 Å². The van der Waals surface area contributed by atoms with Crippen LogP contribution in [0.25, 0.3) is 23.3 Å². The SMILES string of the molecule is CCc1ccc(-c2ccc(C)c3c2=CC(=CC2CCCCC2)C=3)cc1. The van der Waals surface area contributed by atoms with Crippen LogP contribution in [0.5, 0.6) is 0 Å². The summed E-state index contributed by atoms with van der Waals surface area (Å²) in [7, 11) is 0. The van der Waals surface area contributed by atoms with Crippen LogP contribution in [0, 0.1) is 12.8 Å². The fourth-order valence-electron chi connectivity index (χ4n) is 4.31. The summed E-state index contributed by atoms with van der Waals surface area (Å²) in [6, 6.07) is 13.7. The standard InChI is InChI=1S/C25H28/c1-3-19-10-12-22(13-11-19)23-14-9-18(2)24-16-21(17-25(23)24)15-20-7-5-4-6-8-20/h9-17,20H,3-8H2,1-2H3. The van der Waals surface area contributed by atoms with Gasteiger partial charge in [-0.1, -0.05) is 68.7 Å². The lowest BCUT2D eigenvalue weighted by atomic mass is 9.88. The van der Waals surface area contributed by atoms with E-state index in [2.05, 4.69) is 68.5 Å². The van der Waals surface area contributed by atoms with Gasteiger partial charge in [-0.3, -0.25) is 0 Å². The van der Waals surface area contributed by atoms with E-state index >= 15 is 0 Å². The van der Waals surface area contributed by atoms with Crippen LogP contribution in [0.4, 0.5) is 0 Å². The maximum Gasteiger partial charge on any atom is -0.00967 e. The van der Waals surface area contributed by atoms with Crippen LogP contribution >= 0.6 is 0 Å². The van der Waals surface area contributed by atoms with E-state index in [1.165, 1.54) is 70.4 Å². The predicted molar refractivity (Wildman–Crippen MR) is 109 cm³/mol.